The monoisotopic (exact) mass is 341 g/mol. The highest BCUT2D eigenvalue weighted by Gasteiger charge is 2.36. The molecule has 1 saturated heterocycles. The molecule has 23 heavy (non-hydrogen) atoms. The lowest BCUT2D eigenvalue weighted by Crippen LogP contribution is -2.45. The standard InChI is InChI=1S/C15H23N3O4S/c1-11(2)22-15-12(6-4-8-16-15)10-17-14(19)13-7-5-9-18(13)23(3,20)21/h4,6,8,11,13H,5,7,9-10H2,1-3H3,(H,17,19). The Morgan fingerprint density at radius 3 is 2.91 bits per heavy atom. The van der Waals surface area contributed by atoms with E-state index in [2.05, 4.69) is 10.3 Å². The van der Waals surface area contributed by atoms with Crippen molar-refractivity contribution in [1.82, 2.24) is 14.6 Å². The summed E-state index contributed by atoms with van der Waals surface area (Å²) in [7, 11) is -3.37. The van der Waals surface area contributed by atoms with Crippen molar-refractivity contribution >= 4 is 15.9 Å². The van der Waals surface area contributed by atoms with Crippen molar-refractivity contribution in [3.63, 3.8) is 0 Å². The van der Waals surface area contributed by atoms with E-state index in [1.807, 2.05) is 19.9 Å². The number of rotatable bonds is 6. The molecule has 2 heterocycles. The van der Waals surface area contributed by atoms with Gasteiger partial charge in [-0.3, -0.25) is 4.79 Å². The largest absolute Gasteiger partial charge is 0.475 e. The summed E-state index contributed by atoms with van der Waals surface area (Å²) >= 11 is 0. The van der Waals surface area contributed by atoms with E-state index < -0.39 is 16.1 Å². The first-order chi connectivity index (χ1) is 10.8. The molecule has 0 aromatic carbocycles. The summed E-state index contributed by atoms with van der Waals surface area (Å²) in [5.41, 5.74) is 0.762. The number of carbonyl (C=O) groups excluding carboxylic acids is 1. The van der Waals surface area contributed by atoms with Gasteiger partial charge in [-0.1, -0.05) is 6.07 Å². The van der Waals surface area contributed by atoms with Gasteiger partial charge >= 0.3 is 0 Å². The molecule has 0 radical (unpaired) electrons. The summed E-state index contributed by atoms with van der Waals surface area (Å²) in [5.74, 6) is 0.196. The quantitative estimate of drug-likeness (QED) is 0.831. The second kappa shape index (κ2) is 7.27. The maximum Gasteiger partial charge on any atom is 0.238 e. The first kappa shape index (κ1) is 17.7. The minimum Gasteiger partial charge on any atom is -0.475 e. The third kappa shape index (κ3) is 4.65. The zero-order valence-electron chi connectivity index (χ0n) is 13.7. The highest BCUT2D eigenvalue weighted by molar-refractivity contribution is 7.88. The molecule has 1 amide bonds. The molecule has 1 unspecified atom stereocenters. The minimum atomic E-state index is -3.37. The van der Waals surface area contributed by atoms with E-state index in [-0.39, 0.29) is 18.6 Å². The van der Waals surface area contributed by atoms with Crippen LogP contribution >= 0.6 is 0 Å². The summed E-state index contributed by atoms with van der Waals surface area (Å²) < 4.78 is 30.3. The SMILES string of the molecule is CC(C)Oc1ncccc1CNC(=O)C1CCCN1S(C)(=O)=O. The van der Waals surface area contributed by atoms with Crippen molar-refractivity contribution in [2.75, 3.05) is 12.8 Å². The highest BCUT2D eigenvalue weighted by atomic mass is 32.2. The highest BCUT2D eigenvalue weighted by Crippen LogP contribution is 2.21. The van der Waals surface area contributed by atoms with Crippen LogP contribution in [0.5, 0.6) is 5.88 Å². The van der Waals surface area contributed by atoms with Crippen LogP contribution in [0, 0.1) is 0 Å². The van der Waals surface area contributed by atoms with E-state index >= 15 is 0 Å². The third-order valence-electron chi connectivity index (χ3n) is 3.58. The lowest BCUT2D eigenvalue weighted by atomic mass is 10.2. The van der Waals surface area contributed by atoms with Crippen LogP contribution in [-0.2, 0) is 21.4 Å². The average Bonchev–Trinajstić information content (AvgIpc) is 2.95. The Morgan fingerprint density at radius 2 is 2.26 bits per heavy atom. The molecule has 0 spiro atoms. The van der Waals surface area contributed by atoms with Crippen molar-refractivity contribution in [3.05, 3.63) is 23.9 Å². The van der Waals surface area contributed by atoms with Crippen LogP contribution in [0.4, 0.5) is 0 Å². The molecular weight excluding hydrogens is 318 g/mol. The van der Waals surface area contributed by atoms with Gasteiger partial charge in [0, 0.05) is 24.8 Å². The van der Waals surface area contributed by atoms with Crippen LogP contribution in [0.15, 0.2) is 18.3 Å². The fourth-order valence-electron chi connectivity index (χ4n) is 2.59. The average molecular weight is 341 g/mol. The van der Waals surface area contributed by atoms with Crippen LogP contribution in [0.1, 0.15) is 32.3 Å². The second-order valence-corrected chi connectivity index (χ2v) is 7.82. The Labute approximate surface area is 137 Å². The Kier molecular flexibility index (Phi) is 5.59. The first-order valence-corrected chi connectivity index (χ1v) is 9.49. The lowest BCUT2D eigenvalue weighted by molar-refractivity contribution is -0.124. The molecular formula is C15H23N3O4S. The van der Waals surface area contributed by atoms with Crippen LogP contribution in [0.2, 0.25) is 0 Å². The first-order valence-electron chi connectivity index (χ1n) is 7.64. The second-order valence-electron chi connectivity index (χ2n) is 5.88. The van der Waals surface area contributed by atoms with Crippen molar-refractivity contribution in [3.8, 4) is 5.88 Å². The minimum absolute atomic E-state index is 0.0186. The zero-order valence-corrected chi connectivity index (χ0v) is 14.5. The molecule has 1 aromatic heterocycles. The van der Waals surface area contributed by atoms with Gasteiger partial charge in [-0.2, -0.15) is 4.31 Å². The van der Waals surface area contributed by atoms with E-state index in [9.17, 15) is 13.2 Å². The number of amides is 1. The molecule has 1 aromatic rings. The van der Waals surface area contributed by atoms with Gasteiger partial charge in [0.05, 0.1) is 12.4 Å². The van der Waals surface area contributed by atoms with Gasteiger partial charge in [0.2, 0.25) is 21.8 Å². The molecule has 0 bridgehead atoms. The smallest absolute Gasteiger partial charge is 0.238 e. The molecule has 0 saturated carbocycles. The van der Waals surface area contributed by atoms with E-state index in [0.29, 0.717) is 25.3 Å². The van der Waals surface area contributed by atoms with E-state index in [1.165, 1.54) is 4.31 Å². The number of pyridine rings is 1. The number of carbonyl (C=O) groups is 1. The van der Waals surface area contributed by atoms with Crippen LogP contribution in [0.25, 0.3) is 0 Å². The fraction of sp³-hybridized carbons (Fsp3) is 0.600. The molecule has 0 aliphatic carbocycles. The topological polar surface area (TPSA) is 88.6 Å². The molecule has 7 nitrogen and oxygen atoms in total. The summed E-state index contributed by atoms with van der Waals surface area (Å²) in [5, 5.41) is 2.79. The molecule has 1 fully saturated rings. The van der Waals surface area contributed by atoms with Crippen LogP contribution in [-0.4, -0.2) is 48.6 Å². The molecule has 1 aliphatic rings. The van der Waals surface area contributed by atoms with E-state index in [1.54, 1.807) is 12.3 Å². The Bertz CT molecular complexity index is 660. The number of aromatic nitrogens is 1. The molecule has 2 rings (SSSR count). The Hall–Kier alpha value is -1.67. The molecule has 1 N–H and O–H groups in total. The Morgan fingerprint density at radius 1 is 1.52 bits per heavy atom. The van der Waals surface area contributed by atoms with Gasteiger partial charge in [0.25, 0.3) is 0 Å². The Balaban J connectivity index is 2.02. The number of ether oxygens (including phenoxy) is 1. The summed E-state index contributed by atoms with van der Waals surface area (Å²) in [6.45, 7) is 4.45. The number of sulfonamides is 1. The summed E-state index contributed by atoms with van der Waals surface area (Å²) in [6, 6.07) is 2.97. The van der Waals surface area contributed by atoms with E-state index in [4.69, 9.17) is 4.74 Å². The lowest BCUT2D eigenvalue weighted by Gasteiger charge is -2.21. The van der Waals surface area contributed by atoms with Crippen molar-refractivity contribution in [1.29, 1.82) is 0 Å². The van der Waals surface area contributed by atoms with Crippen LogP contribution < -0.4 is 10.1 Å². The molecule has 8 heteroatoms. The van der Waals surface area contributed by atoms with Gasteiger partial charge in [-0.25, -0.2) is 13.4 Å². The normalized spacial score (nSPS) is 19.0. The summed E-state index contributed by atoms with van der Waals surface area (Å²) in [4.78, 5) is 16.5. The van der Waals surface area contributed by atoms with Crippen molar-refractivity contribution in [2.24, 2.45) is 0 Å². The van der Waals surface area contributed by atoms with Gasteiger partial charge in [0.15, 0.2) is 0 Å². The maximum absolute atomic E-state index is 12.3. The van der Waals surface area contributed by atoms with E-state index in [0.717, 1.165) is 11.8 Å². The predicted molar refractivity (Wildman–Crippen MR) is 86.4 cm³/mol. The maximum atomic E-state index is 12.3. The third-order valence-corrected chi connectivity index (χ3v) is 4.87. The molecule has 1 atom stereocenters. The van der Waals surface area contributed by atoms with Gasteiger partial charge in [-0.05, 0) is 32.8 Å². The van der Waals surface area contributed by atoms with Gasteiger partial charge in [-0.15, -0.1) is 0 Å². The zero-order chi connectivity index (χ0) is 17.0. The van der Waals surface area contributed by atoms with Crippen molar-refractivity contribution in [2.45, 2.75) is 45.4 Å². The fourth-order valence-corrected chi connectivity index (χ4v) is 3.71. The summed E-state index contributed by atoms with van der Waals surface area (Å²) in [6.07, 6.45) is 3.98. The van der Waals surface area contributed by atoms with Gasteiger partial charge < -0.3 is 10.1 Å². The van der Waals surface area contributed by atoms with Gasteiger partial charge in [0.1, 0.15) is 6.04 Å². The van der Waals surface area contributed by atoms with Crippen LogP contribution in [0.3, 0.4) is 0 Å². The number of nitrogens with zero attached hydrogens (tertiary/aromatic N) is 2. The number of nitrogens with one attached hydrogen (secondary N) is 1. The molecule has 128 valence electrons. The molecule has 1 aliphatic heterocycles. The predicted octanol–water partition coefficient (Wildman–Crippen LogP) is 0.909. The van der Waals surface area contributed by atoms with Crippen molar-refractivity contribution < 1.29 is 17.9 Å². The number of hydrogen-bond acceptors (Lipinski definition) is 5. The number of hydrogen-bond donors (Lipinski definition) is 1.